The Balaban J connectivity index is 1.72. The Morgan fingerprint density at radius 2 is 1.92 bits per heavy atom. The highest BCUT2D eigenvalue weighted by Crippen LogP contribution is 2.68. The summed E-state index contributed by atoms with van der Waals surface area (Å²) in [6, 6.07) is 0. The standard InChI is InChI=1S/C21H29BrO3/c1-12(23)21(25)18(22)11-17-15-5-4-13-10-14(24)6-8-19(13,2)16(15)7-9-20(17,21)3/h10,15-18,25H,4-9,11H2,1-3H3/t15-,16+,17+,18-,19+,20+,21-/m1/s1. The molecule has 0 spiro atoms. The minimum Gasteiger partial charge on any atom is -0.380 e. The number of aliphatic hydroxyl groups is 1. The number of ketones is 2. The van der Waals surface area contributed by atoms with Crippen molar-refractivity contribution in [1.82, 2.24) is 0 Å². The maximum absolute atomic E-state index is 12.4. The molecule has 4 heteroatoms. The molecular formula is C21H29BrO3. The fourth-order valence-corrected chi connectivity index (χ4v) is 8.41. The van der Waals surface area contributed by atoms with Gasteiger partial charge in [-0.25, -0.2) is 0 Å². The van der Waals surface area contributed by atoms with Gasteiger partial charge in [0.05, 0.1) is 4.83 Å². The second kappa shape index (κ2) is 5.51. The summed E-state index contributed by atoms with van der Waals surface area (Å²) in [6.07, 6.45) is 8.49. The molecule has 0 heterocycles. The Hall–Kier alpha value is -0.480. The molecule has 7 atom stereocenters. The maximum Gasteiger partial charge on any atom is 0.163 e. The third-order valence-corrected chi connectivity index (χ3v) is 9.71. The number of fused-ring (bicyclic) bond motifs is 5. The zero-order valence-electron chi connectivity index (χ0n) is 15.5. The van der Waals surface area contributed by atoms with E-state index in [0.29, 0.717) is 30.0 Å². The number of alkyl halides is 1. The molecule has 4 aliphatic carbocycles. The van der Waals surface area contributed by atoms with Gasteiger partial charge in [0.25, 0.3) is 0 Å². The molecule has 0 bridgehead atoms. The van der Waals surface area contributed by atoms with E-state index in [1.807, 2.05) is 6.08 Å². The highest BCUT2D eigenvalue weighted by Gasteiger charge is 2.68. The SMILES string of the molecule is CC(=O)[C@@]1(O)[C@H](Br)C[C@H]2[C@@H]3CCC4=CC(=O)CC[C@]4(C)[C@H]3CC[C@@]21C. The first-order valence-corrected chi connectivity index (χ1v) is 10.7. The summed E-state index contributed by atoms with van der Waals surface area (Å²) < 4.78 is 0. The van der Waals surface area contributed by atoms with E-state index in [4.69, 9.17) is 0 Å². The number of allylic oxidation sites excluding steroid dienone is 1. The van der Waals surface area contributed by atoms with Crippen LogP contribution in [0.4, 0.5) is 0 Å². The second-order valence-corrected chi connectivity index (χ2v) is 10.6. The lowest BCUT2D eigenvalue weighted by atomic mass is 9.46. The summed E-state index contributed by atoms with van der Waals surface area (Å²) in [7, 11) is 0. The number of hydrogen-bond acceptors (Lipinski definition) is 3. The fraction of sp³-hybridized carbons (Fsp3) is 0.810. The third kappa shape index (κ3) is 2.13. The lowest BCUT2D eigenvalue weighted by Crippen LogP contribution is -2.59. The Labute approximate surface area is 158 Å². The van der Waals surface area contributed by atoms with E-state index in [-0.39, 0.29) is 21.4 Å². The fourth-order valence-electron chi connectivity index (χ4n) is 7.16. The van der Waals surface area contributed by atoms with Gasteiger partial charge in [0.15, 0.2) is 11.6 Å². The molecule has 0 aromatic carbocycles. The molecule has 3 saturated carbocycles. The van der Waals surface area contributed by atoms with E-state index in [2.05, 4.69) is 29.8 Å². The Morgan fingerprint density at radius 1 is 1.20 bits per heavy atom. The monoisotopic (exact) mass is 408 g/mol. The maximum atomic E-state index is 12.4. The van der Waals surface area contributed by atoms with Crippen LogP contribution < -0.4 is 0 Å². The molecule has 138 valence electrons. The molecule has 3 fully saturated rings. The summed E-state index contributed by atoms with van der Waals surface area (Å²) in [5, 5.41) is 11.4. The van der Waals surface area contributed by atoms with Crippen LogP contribution in [0.2, 0.25) is 0 Å². The van der Waals surface area contributed by atoms with Crippen LogP contribution >= 0.6 is 15.9 Å². The predicted octanol–water partition coefficient (Wildman–Crippen LogP) is 4.21. The van der Waals surface area contributed by atoms with Gasteiger partial charge in [-0.15, -0.1) is 0 Å². The van der Waals surface area contributed by atoms with Crippen molar-refractivity contribution >= 4 is 27.5 Å². The van der Waals surface area contributed by atoms with Gasteiger partial charge >= 0.3 is 0 Å². The molecule has 0 saturated heterocycles. The van der Waals surface area contributed by atoms with Gasteiger partial charge < -0.3 is 5.11 Å². The smallest absolute Gasteiger partial charge is 0.163 e. The Bertz CT molecular complexity index is 670. The van der Waals surface area contributed by atoms with E-state index in [1.165, 1.54) is 5.57 Å². The Kier molecular flexibility index (Phi) is 3.95. The van der Waals surface area contributed by atoms with Gasteiger partial charge in [-0.05, 0) is 74.7 Å². The first kappa shape index (κ1) is 17.9. The van der Waals surface area contributed by atoms with Crippen LogP contribution in [0.5, 0.6) is 0 Å². The van der Waals surface area contributed by atoms with Crippen molar-refractivity contribution in [3.63, 3.8) is 0 Å². The molecule has 0 amide bonds. The highest BCUT2D eigenvalue weighted by molar-refractivity contribution is 9.09. The van der Waals surface area contributed by atoms with Crippen molar-refractivity contribution in [2.24, 2.45) is 28.6 Å². The predicted molar refractivity (Wildman–Crippen MR) is 100 cm³/mol. The molecule has 0 aromatic heterocycles. The van der Waals surface area contributed by atoms with Crippen LogP contribution in [-0.2, 0) is 9.59 Å². The highest BCUT2D eigenvalue weighted by atomic mass is 79.9. The van der Waals surface area contributed by atoms with Crippen LogP contribution in [0.1, 0.15) is 65.7 Å². The van der Waals surface area contributed by atoms with Gasteiger partial charge in [-0.1, -0.05) is 35.4 Å². The minimum absolute atomic E-state index is 0.0938. The van der Waals surface area contributed by atoms with Crippen LogP contribution in [0.3, 0.4) is 0 Å². The number of carbonyl (C=O) groups excluding carboxylic acids is 2. The van der Waals surface area contributed by atoms with Crippen molar-refractivity contribution in [2.75, 3.05) is 0 Å². The van der Waals surface area contributed by atoms with Gasteiger partial charge in [0.2, 0.25) is 0 Å². The van der Waals surface area contributed by atoms with Crippen LogP contribution in [-0.4, -0.2) is 27.1 Å². The average molecular weight is 409 g/mol. The van der Waals surface area contributed by atoms with Crippen molar-refractivity contribution in [1.29, 1.82) is 0 Å². The summed E-state index contributed by atoms with van der Waals surface area (Å²) in [5.41, 5.74) is -0.0844. The molecule has 0 unspecified atom stereocenters. The molecular weight excluding hydrogens is 380 g/mol. The molecule has 0 aromatic rings. The normalized spacial score (nSPS) is 52.0. The van der Waals surface area contributed by atoms with E-state index >= 15 is 0 Å². The lowest BCUT2D eigenvalue weighted by molar-refractivity contribution is -0.159. The van der Waals surface area contributed by atoms with Gasteiger partial charge in [0.1, 0.15) is 5.60 Å². The molecule has 4 rings (SSSR count). The third-order valence-electron chi connectivity index (χ3n) is 8.67. The number of Topliss-reactive ketones (excluding diaryl/α,β-unsaturated/α-hetero) is 1. The summed E-state index contributed by atoms with van der Waals surface area (Å²) >= 11 is 3.67. The van der Waals surface area contributed by atoms with Crippen LogP contribution in [0, 0.1) is 28.6 Å². The largest absolute Gasteiger partial charge is 0.380 e. The number of halogens is 1. The van der Waals surface area contributed by atoms with E-state index in [9.17, 15) is 14.7 Å². The van der Waals surface area contributed by atoms with Crippen molar-refractivity contribution < 1.29 is 14.7 Å². The van der Waals surface area contributed by atoms with Crippen molar-refractivity contribution in [3.05, 3.63) is 11.6 Å². The summed E-state index contributed by atoms with van der Waals surface area (Å²) in [6.45, 7) is 6.06. The zero-order valence-corrected chi connectivity index (χ0v) is 17.1. The number of rotatable bonds is 1. The van der Waals surface area contributed by atoms with E-state index in [1.54, 1.807) is 6.92 Å². The number of hydrogen-bond donors (Lipinski definition) is 1. The zero-order chi connectivity index (χ0) is 18.2. The van der Waals surface area contributed by atoms with Gasteiger partial charge in [0, 0.05) is 11.8 Å². The van der Waals surface area contributed by atoms with E-state index in [0.717, 1.165) is 38.5 Å². The lowest BCUT2D eigenvalue weighted by Gasteiger charge is -2.58. The summed E-state index contributed by atoms with van der Waals surface area (Å²) in [5.74, 6) is 1.69. The first-order chi connectivity index (χ1) is 11.6. The second-order valence-electron chi connectivity index (χ2n) is 9.45. The minimum atomic E-state index is -1.25. The Morgan fingerprint density at radius 3 is 2.60 bits per heavy atom. The van der Waals surface area contributed by atoms with Gasteiger partial charge in [-0.2, -0.15) is 0 Å². The van der Waals surface area contributed by atoms with E-state index < -0.39 is 5.60 Å². The van der Waals surface area contributed by atoms with Crippen LogP contribution in [0.25, 0.3) is 0 Å². The quantitative estimate of drug-likeness (QED) is 0.660. The topological polar surface area (TPSA) is 54.4 Å². The molecule has 4 aliphatic rings. The van der Waals surface area contributed by atoms with Gasteiger partial charge in [-0.3, -0.25) is 9.59 Å². The van der Waals surface area contributed by atoms with Crippen LogP contribution in [0.15, 0.2) is 11.6 Å². The van der Waals surface area contributed by atoms with Crippen molar-refractivity contribution in [2.45, 2.75) is 76.1 Å². The molecule has 0 radical (unpaired) electrons. The summed E-state index contributed by atoms with van der Waals surface area (Å²) in [4.78, 5) is 24.2. The molecule has 0 aliphatic heterocycles. The molecule has 25 heavy (non-hydrogen) atoms. The molecule has 1 N–H and O–H groups in total. The van der Waals surface area contributed by atoms with Crippen molar-refractivity contribution in [3.8, 4) is 0 Å². The average Bonchev–Trinajstić information content (AvgIpc) is 2.77. The first-order valence-electron chi connectivity index (χ1n) is 9.76. The number of carbonyl (C=O) groups is 2. The molecule has 3 nitrogen and oxygen atoms in total.